The van der Waals surface area contributed by atoms with Crippen LogP contribution in [0.4, 0.5) is 5.95 Å². The van der Waals surface area contributed by atoms with Gasteiger partial charge in [0.25, 0.3) is 5.91 Å². The first kappa shape index (κ1) is 14.1. The van der Waals surface area contributed by atoms with Crippen LogP contribution in [0.25, 0.3) is 0 Å². The highest BCUT2D eigenvalue weighted by Gasteiger charge is 2.10. The Balaban J connectivity index is 2.22. The van der Waals surface area contributed by atoms with E-state index >= 15 is 0 Å². The molecule has 0 saturated carbocycles. The van der Waals surface area contributed by atoms with Gasteiger partial charge in [-0.2, -0.15) is 0 Å². The molecule has 1 amide bonds. The molecular weight excluding hydrogens is 309 g/mol. The maximum absolute atomic E-state index is 12.0. The van der Waals surface area contributed by atoms with E-state index in [1.807, 2.05) is 0 Å². The van der Waals surface area contributed by atoms with E-state index in [4.69, 9.17) is 34.8 Å². The van der Waals surface area contributed by atoms with Gasteiger partial charge in [0.05, 0.1) is 10.0 Å². The number of anilines is 1. The van der Waals surface area contributed by atoms with Gasteiger partial charge in [0.15, 0.2) is 0 Å². The van der Waals surface area contributed by atoms with Crippen LogP contribution in [0.15, 0.2) is 24.3 Å². The summed E-state index contributed by atoms with van der Waals surface area (Å²) in [5, 5.41) is 3.49. The highest BCUT2D eigenvalue weighted by atomic mass is 35.5. The number of carbonyl (C=O) groups excluding carboxylic acids is 1. The van der Waals surface area contributed by atoms with Crippen LogP contribution in [0.2, 0.25) is 15.2 Å². The average molecular weight is 317 g/mol. The molecule has 0 fully saturated rings. The van der Waals surface area contributed by atoms with Crippen LogP contribution in [-0.2, 0) is 0 Å². The maximum Gasteiger partial charge on any atom is 0.258 e. The van der Waals surface area contributed by atoms with Gasteiger partial charge in [-0.25, -0.2) is 9.97 Å². The molecule has 1 aromatic heterocycles. The summed E-state index contributed by atoms with van der Waals surface area (Å²) in [5.41, 5.74) is 1.01. The molecule has 98 valence electrons. The monoisotopic (exact) mass is 315 g/mol. The molecule has 0 unspecified atom stereocenters. The van der Waals surface area contributed by atoms with Crippen LogP contribution < -0.4 is 5.32 Å². The lowest BCUT2D eigenvalue weighted by Gasteiger charge is -2.05. The van der Waals surface area contributed by atoms with E-state index in [1.54, 1.807) is 25.1 Å². The Hall–Kier alpha value is -1.36. The van der Waals surface area contributed by atoms with Gasteiger partial charge in [0.1, 0.15) is 5.15 Å². The quantitative estimate of drug-likeness (QED) is 0.852. The Morgan fingerprint density at radius 2 is 1.84 bits per heavy atom. The van der Waals surface area contributed by atoms with Gasteiger partial charge < -0.3 is 0 Å². The van der Waals surface area contributed by atoms with E-state index in [1.165, 1.54) is 6.07 Å². The van der Waals surface area contributed by atoms with Crippen molar-refractivity contribution in [3.63, 3.8) is 0 Å². The van der Waals surface area contributed by atoms with Crippen molar-refractivity contribution in [3.8, 4) is 0 Å². The number of halogens is 3. The minimum absolute atomic E-state index is 0.140. The van der Waals surface area contributed by atoms with E-state index in [-0.39, 0.29) is 17.0 Å². The smallest absolute Gasteiger partial charge is 0.258 e. The minimum Gasteiger partial charge on any atom is -0.290 e. The van der Waals surface area contributed by atoms with Crippen molar-refractivity contribution in [1.29, 1.82) is 0 Å². The fraction of sp³-hybridized carbons (Fsp3) is 0.0833. The average Bonchev–Trinajstić information content (AvgIpc) is 2.31. The Morgan fingerprint density at radius 1 is 1.11 bits per heavy atom. The number of rotatable bonds is 2. The molecule has 0 saturated heterocycles. The number of carbonyl (C=O) groups is 1. The molecule has 0 aliphatic heterocycles. The summed E-state index contributed by atoms with van der Waals surface area (Å²) in [4.78, 5) is 19.9. The summed E-state index contributed by atoms with van der Waals surface area (Å²) in [6.45, 7) is 1.75. The number of hydrogen-bond acceptors (Lipinski definition) is 3. The number of aryl methyl sites for hydroxylation is 1. The number of benzene rings is 1. The summed E-state index contributed by atoms with van der Waals surface area (Å²) >= 11 is 17.4. The molecule has 7 heteroatoms. The lowest BCUT2D eigenvalue weighted by atomic mass is 10.2. The predicted octanol–water partition coefficient (Wildman–Crippen LogP) is 4.00. The van der Waals surface area contributed by atoms with Gasteiger partial charge in [-0.15, -0.1) is 0 Å². The molecule has 0 atom stereocenters. The predicted molar refractivity (Wildman–Crippen MR) is 76.2 cm³/mol. The van der Waals surface area contributed by atoms with Crippen LogP contribution in [0, 0.1) is 6.92 Å². The van der Waals surface area contributed by atoms with Crippen LogP contribution >= 0.6 is 34.8 Å². The number of hydrogen-bond donors (Lipinski definition) is 1. The maximum atomic E-state index is 12.0. The molecule has 0 radical (unpaired) electrons. The third-order valence-electron chi connectivity index (χ3n) is 2.23. The van der Waals surface area contributed by atoms with Gasteiger partial charge in [-0.3, -0.25) is 10.1 Å². The summed E-state index contributed by atoms with van der Waals surface area (Å²) < 4.78 is 0. The number of amides is 1. The molecule has 0 aliphatic rings. The van der Waals surface area contributed by atoms with E-state index in [2.05, 4.69) is 15.3 Å². The van der Waals surface area contributed by atoms with Crippen LogP contribution in [0.5, 0.6) is 0 Å². The van der Waals surface area contributed by atoms with Gasteiger partial charge in [-0.05, 0) is 31.2 Å². The first-order chi connectivity index (χ1) is 8.95. The molecule has 0 spiro atoms. The second-order valence-electron chi connectivity index (χ2n) is 3.74. The van der Waals surface area contributed by atoms with Gasteiger partial charge >= 0.3 is 0 Å². The number of nitrogens with zero attached hydrogens (tertiary/aromatic N) is 2. The van der Waals surface area contributed by atoms with Gasteiger partial charge in [0.2, 0.25) is 5.95 Å². The number of nitrogens with one attached hydrogen (secondary N) is 1. The standard InChI is InChI=1S/C12H8Cl3N3O/c1-6-4-10(15)17-12(16-6)18-11(19)7-2-3-8(13)9(14)5-7/h2-5H,1H3,(H,16,17,18,19). The fourth-order valence-electron chi connectivity index (χ4n) is 1.40. The van der Waals surface area contributed by atoms with E-state index in [9.17, 15) is 4.79 Å². The summed E-state index contributed by atoms with van der Waals surface area (Å²) in [6.07, 6.45) is 0. The van der Waals surface area contributed by atoms with Crippen molar-refractivity contribution in [2.24, 2.45) is 0 Å². The zero-order valence-corrected chi connectivity index (χ0v) is 12.0. The normalized spacial score (nSPS) is 10.3. The van der Waals surface area contributed by atoms with Crippen LogP contribution in [-0.4, -0.2) is 15.9 Å². The molecule has 2 rings (SSSR count). The molecular formula is C12H8Cl3N3O. The van der Waals surface area contributed by atoms with E-state index in [0.29, 0.717) is 21.3 Å². The summed E-state index contributed by atoms with van der Waals surface area (Å²) in [6, 6.07) is 6.16. The molecule has 0 aliphatic carbocycles. The molecule has 1 aromatic carbocycles. The lowest BCUT2D eigenvalue weighted by Crippen LogP contribution is -2.14. The first-order valence-corrected chi connectivity index (χ1v) is 6.36. The Kier molecular flexibility index (Phi) is 4.24. The molecule has 0 bridgehead atoms. The van der Waals surface area contributed by atoms with Gasteiger partial charge in [-0.1, -0.05) is 34.8 Å². The molecule has 19 heavy (non-hydrogen) atoms. The highest BCUT2D eigenvalue weighted by molar-refractivity contribution is 6.42. The van der Waals surface area contributed by atoms with Crippen LogP contribution in [0.1, 0.15) is 16.1 Å². The molecule has 4 nitrogen and oxygen atoms in total. The van der Waals surface area contributed by atoms with Crippen molar-refractivity contribution >= 4 is 46.7 Å². The summed E-state index contributed by atoms with van der Waals surface area (Å²) in [5.74, 6) is -0.249. The van der Waals surface area contributed by atoms with Crippen molar-refractivity contribution in [3.05, 3.63) is 50.7 Å². The molecule has 1 heterocycles. The zero-order chi connectivity index (χ0) is 14.0. The Bertz CT molecular complexity index is 626. The van der Waals surface area contributed by atoms with Crippen molar-refractivity contribution in [1.82, 2.24) is 9.97 Å². The second-order valence-corrected chi connectivity index (χ2v) is 4.94. The Morgan fingerprint density at radius 3 is 2.47 bits per heavy atom. The molecule has 2 aromatic rings. The van der Waals surface area contributed by atoms with Crippen molar-refractivity contribution in [2.75, 3.05) is 5.32 Å². The largest absolute Gasteiger partial charge is 0.290 e. The SMILES string of the molecule is Cc1cc(Cl)nc(NC(=O)c2ccc(Cl)c(Cl)c2)n1. The topological polar surface area (TPSA) is 54.9 Å². The summed E-state index contributed by atoms with van der Waals surface area (Å²) in [7, 11) is 0. The zero-order valence-electron chi connectivity index (χ0n) is 9.75. The van der Waals surface area contributed by atoms with E-state index in [0.717, 1.165) is 0 Å². The lowest BCUT2D eigenvalue weighted by molar-refractivity contribution is 0.102. The van der Waals surface area contributed by atoms with Crippen molar-refractivity contribution < 1.29 is 4.79 Å². The van der Waals surface area contributed by atoms with E-state index < -0.39 is 0 Å². The molecule has 1 N–H and O–H groups in total. The minimum atomic E-state index is -0.389. The third-order valence-corrected chi connectivity index (χ3v) is 3.16. The third kappa shape index (κ3) is 3.56. The second kappa shape index (κ2) is 5.74. The van der Waals surface area contributed by atoms with Gasteiger partial charge in [0, 0.05) is 11.3 Å². The highest BCUT2D eigenvalue weighted by Crippen LogP contribution is 2.23. The first-order valence-electron chi connectivity index (χ1n) is 5.23. The van der Waals surface area contributed by atoms with Crippen molar-refractivity contribution in [2.45, 2.75) is 6.92 Å². The Labute approximate surface area is 124 Å². The number of aromatic nitrogens is 2. The fourth-order valence-corrected chi connectivity index (χ4v) is 1.93. The van der Waals surface area contributed by atoms with Crippen LogP contribution in [0.3, 0.4) is 0 Å².